The lowest BCUT2D eigenvalue weighted by Crippen LogP contribution is -2.62. The summed E-state index contributed by atoms with van der Waals surface area (Å²) in [5.41, 5.74) is 11.1. The minimum atomic E-state index is -1.01. The number of anilines is 1. The van der Waals surface area contributed by atoms with Gasteiger partial charge >= 0.3 is 5.97 Å². The summed E-state index contributed by atoms with van der Waals surface area (Å²) in [5.74, 6) is -1.42. The molecule has 8 atom stereocenters. The van der Waals surface area contributed by atoms with Gasteiger partial charge in [-0.25, -0.2) is 15.4 Å². The first-order valence-electron chi connectivity index (χ1n) is 29.2. The second kappa shape index (κ2) is 22.2. The Hall–Kier alpha value is -5.28. The van der Waals surface area contributed by atoms with E-state index in [1.807, 2.05) is 13.1 Å². The standard InChI is InChI=1S/C60H80N10O8S/c1-36-49(46-32-75-35-62-46)50(36)55(71)64-52-54(68-17-8-9-18-68)56-63-47(33-79-56)38-12-15-48-42(27-38)44(30-59(3,4)34-77-58(73)45-11-10-19-70(65-45)57(52)72)53(69(48)24-26-76-41-16-25-78-60(5,6)29-41)43-28-40(31-61-51(43)37(2)74-7)67-22-20-66(21-23-67)39-13-14-39/h12,15,27-28,31-33,35-37,39,41,45,49-50,52,54,65H,8-11,13-14,16-26,29-30,34H2,1-7H3,(H,64,71)/t36-,37-,41?,45-,49-,50+,52-,54-/m0/s1. The Kier molecular flexibility index (Phi) is 15.3. The number of piperazine rings is 1. The molecule has 7 aliphatic rings. The van der Waals surface area contributed by atoms with Crippen LogP contribution in [-0.4, -0.2) is 155 Å². The highest BCUT2D eigenvalue weighted by Crippen LogP contribution is 2.53. The predicted octanol–water partition coefficient (Wildman–Crippen LogP) is 8.07. The van der Waals surface area contributed by atoms with Gasteiger partial charge in [0, 0.05) is 110 Å². The summed E-state index contributed by atoms with van der Waals surface area (Å²) in [5, 5.41) is 8.76. The third-order valence-electron chi connectivity index (χ3n) is 18.1. The molecule has 2 saturated carbocycles. The summed E-state index contributed by atoms with van der Waals surface area (Å²) in [6, 6.07) is 7.38. The Morgan fingerprint density at radius 3 is 2.53 bits per heavy atom. The van der Waals surface area contributed by atoms with Gasteiger partial charge in [-0.2, -0.15) is 0 Å². The first kappa shape index (κ1) is 54.3. The zero-order valence-corrected chi connectivity index (χ0v) is 48.0. The molecule has 0 spiro atoms. The number of nitrogens with one attached hydrogen (secondary N) is 2. The van der Waals surface area contributed by atoms with Gasteiger partial charge in [-0.3, -0.25) is 34.2 Å². The number of thiazole rings is 1. The van der Waals surface area contributed by atoms with Crippen molar-refractivity contribution in [1.29, 1.82) is 0 Å². The molecule has 6 fully saturated rings. The lowest BCUT2D eigenvalue weighted by atomic mass is 9.84. The van der Waals surface area contributed by atoms with Crippen molar-refractivity contribution in [3.63, 3.8) is 0 Å². The van der Waals surface area contributed by atoms with Crippen LogP contribution in [0.1, 0.15) is 133 Å². The fraction of sp³-hybridized carbons (Fsp3) is 0.633. The van der Waals surface area contributed by atoms with Gasteiger partial charge in [0.05, 0.1) is 71.7 Å². The number of hydrazine groups is 1. The van der Waals surface area contributed by atoms with Crippen LogP contribution in [-0.2, 0) is 46.3 Å². The van der Waals surface area contributed by atoms with Crippen LogP contribution >= 0.6 is 11.3 Å². The molecule has 4 aromatic heterocycles. The van der Waals surface area contributed by atoms with Gasteiger partial charge in [-0.05, 0) is 115 Å². The van der Waals surface area contributed by atoms with E-state index in [1.54, 1.807) is 18.4 Å². The van der Waals surface area contributed by atoms with Gasteiger partial charge in [-0.15, -0.1) is 11.3 Å². The maximum Gasteiger partial charge on any atom is 0.324 e. The van der Waals surface area contributed by atoms with Gasteiger partial charge in [0.1, 0.15) is 23.4 Å². The van der Waals surface area contributed by atoms with Crippen molar-refractivity contribution in [2.45, 2.75) is 154 Å². The topological polar surface area (TPSA) is 182 Å². The summed E-state index contributed by atoms with van der Waals surface area (Å²) < 4.78 is 33.2. The monoisotopic (exact) mass is 1100 g/mol. The number of cyclic esters (lactones) is 1. The number of nitrogens with zero attached hydrogens (tertiary/aromatic N) is 8. The van der Waals surface area contributed by atoms with E-state index in [1.165, 1.54) is 30.6 Å². The number of rotatable bonds is 13. The number of esters is 1. The molecule has 5 aromatic rings. The molecule has 18 nitrogen and oxygen atoms in total. The third-order valence-corrected chi connectivity index (χ3v) is 19.0. The predicted molar refractivity (Wildman–Crippen MR) is 301 cm³/mol. The molecule has 424 valence electrons. The van der Waals surface area contributed by atoms with Crippen molar-refractivity contribution < 1.29 is 37.7 Å². The number of carbonyl (C=O) groups excluding carboxylic acids is 3. The second-order valence-electron chi connectivity index (χ2n) is 24.9. The number of oxazole rings is 1. The van der Waals surface area contributed by atoms with Gasteiger partial charge < -0.3 is 38.1 Å². The Bertz CT molecular complexity index is 3010. The molecule has 2 aliphatic carbocycles. The van der Waals surface area contributed by atoms with E-state index in [-0.39, 0.29) is 54.0 Å². The molecule has 2 N–H and O–H groups in total. The van der Waals surface area contributed by atoms with E-state index >= 15 is 4.79 Å². The minimum absolute atomic E-state index is 0.0117. The molecule has 1 aromatic carbocycles. The number of benzene rings is 1. The van der Waals surface area contributed by atoms with Crippen molar-refractivity contribution in [2.24, 2.45) is 17.3 Å². The molecule has 4 saturated heterocycles. The fourth-order valence-corrected chi connectivity index (χ4v) is 14.5. The molecule has 12 rings (SSSR count). The number of likely N-dealkylation sites (tertiary alicyclic amines) is 1. The number of ether oxygens (including phenoxy) is 4. The van der Waals surface area contributed by atoms with Crippen LogP contribution in [0.4, 0.5) is 5.69 Å². The number of hydrogen-bond acceptors (Lipinski definition) is 16. The number of pyridine rings is 1. The zero-order chi connectivity index (χ0) is 54.7. The molecule has 5 aliphatic heterocycles. The van der Waals surface area contributed by atoms with Gasteiger partial charge in [0.15, 0.2) is 6.39 Å². The lowest BCUT2D eigenvalue weighted by molar-refractivity contribution is -0.156. The summed E-state index contributed by atoms with van der Waals surface area (Å²) in [4.78, 5) is 67.0. The van der Waals surface area contributed by atoms with Crippen molar-refractivity contribution >= 4 is 45.7 Å². The molecule has 0 radical (unpaired) electrons. The van der Waals surface area contributed by atoms with Crippen LogP contribution in [0.25, 0.3) is 33.4 Å². The van der Waals surface area contributed by atoms with Crippen LogP contribution in [0.5, 0.6) is 0 Å². The summed E-state index contributed by atoms with van der Waals surface area (Å²) in [6.07, 6.45) is 12.6. The maximum atomic E-state index is 15.3. The van der Waals surface area contributed by atoms with Gasteiger partial charge in [-0.1, -0.05) is 26.8 Å². The molecule has 1 unspecified atom stereocenters. The largest absolute Gasteiger partial charge is 0.464 e. The quantitative estimate of drug-likeness (QED) is 0.108. The van der Waals surface area contributed by atoms with Crippen LogP contribution in [0.3, 0.4) is 0 Å². The normalized spacial score (nSPS) is 28.2. The highest BCUT2D eigenvalue weighted by molar-refractivity contribution is 7.10. The van der Waals surface area contributed by atoms with Crippen LogP contribution in [0.15, 0.2) is 52.9 Å². The van der Waals surface area contributed by atoms with Crippen molar-refractivity contribution in [3.8, 4) is 22.5 Å². The Morgan fingerprint density at radius 1 is 0.975 bits per heavy atom. The molecule has 2 amide bonds. The van der Waals surface area contributed by atoms with E-state index in [9.17, 15) is 9.59 Å². The first-order chi connectivity index (χ1) is 38.1. The molecular weight excluding hydrogens is 1020 g/mol. The average Bonchev–Trinajstić information content (AvgIpc) is 4.12. The molecular formula is C60H80N10O8S. The summed E-state index contributed by atoms with van der Waals surface area (Å²) >= 11 is 1.52. The smallest absolute Gasteiger partial charge is 0.324 e. The molecule has 19 heteroatoms. The fourth-order valence-electron chi connectivity index (χ4n) is 13.5. The maximum absolute atomic E-state index is 15.3. The van der Waals surface area contributed by atoms with E-state index in [0.29, 0.717) is 45.6 Å². The van der Waals surface area contributed by atoms with Crippen LogP contribution < -0.4 is 15.6 Å². The summed E-state index contributed by atoms with van der Waals surface area (Å²) in [6.45, 7) is 20.3. The molecule has 9 heterocycles. The molecule has 6 bridgehead atoms. The first-order valence-corrected chi connectivity index (χ1v) is 30.1. The van der Waals surface area contributed by atoms with E-state index in [0.717, 1.165) is 132 Å². The second-order valence-corrected chi connectivity index (χ2v) is 25.8. The Labute approximate surface area is 468 Å². The number of aromatic nitrogens is 4. The highest BCUT2D eigenvalue weighted by Gasteiger charge is 2.55. The zero-order valence-electron chi connectivity index (χ0n) is 47.2. The third kappa shape index (κ3) is 11.3. The number of fused-ring (bicyclic) bond motifs is 6. The van der Waals surface area contributed by atoms with Gasteiger partial charge in [0.25, 0.3) is 5.91 Å². The Morgan fingerprint density at radius 2 is 1.78 bits per heavy atom. The number of carbonyl (C=O) groups is 3. The van der Waals surface area contributed by atoms with E-state index in [4.69, 9.17) is 33.3 Å². The van der Waals surface area contributed by atoms with Crippen LogP contribution in [0, 0.1) is 17.3 Å². The number of amides is 2. The number of methoxy groups -OCH3 is 1. The van der Waals surface area contributed by atoms with Crippen molar-refractivity contribution in [2.75, 3.05) is 77.6 Å². The van der Waals surface area contributed by atoms with Gasteiger partial charge in [0.2, 0.25) is 5.91 Å². The average molecular weight is 1100 g/mol. The minimum Gasteiger partial charge on any atom is -0.464 e. The van der Waals surface area contributed by atoms with Crippen molar-refractivity contribution in [1.82, 2.24) is 45.1 Å². The Balaban J connectivity index is 0.991. The SMILES string of the molecule is CO[C@@H](C)c1ncc(N2CCN(C3CC3)CC2)cc1-c1c2c3cc(ccc3n1CCOC1CCOC(C)(C)C1)-c1csc(n1)[C@@H](N1CCCC1)[C@H](NC(=O)[C@@H]1[C@@H](C)[C@H]1c1cocn1)C(=O)N1CCC[C@H](N1)C(=O)OCC(C)(C)C2. The van der Waals surface area contributed by atoms with Crippen molar-refractivity contribution in [3.05, 3.63) is 70.5 Å². The van der Waals surface area contributed by atoms with E-state index < -0.39 is 29.5 Å². The van der Waals surface area contributed by atoms with E-state index in [2.05, 4.69) is 99.3 Å². The lowest BCUT2D eigenvalue weighted by Gasteiger charge is -2.39. The molecule has 79 heavy (non-hydrogen) atoms. The summed E-state index contributed by atoms with van der Waals surface area (Å²) in [7, 11) is 1.75. The highest BCUT2D eigenvalue weighted by atomic mass is 32.1. The van der Waals surface area contributed by atoms with Crippen LogP contribution in [0.2, 0.25) is 0 Å². The number of hydrogen-bond donors (Lipinski definition) is 2.